The summed E-state index contributed by atoms with van der Waals surface area (Å²) in [7, 11) is 3.90. The summed E-state index contributed by atoms with van der Waals surface area (Å²) in [6, 6.07) is -0.385. The van der Waals surface area contributed by atoms with Gasteiger partial charge in [-0.15, -0.1) is 0 Å². The van der Waals surface area contributed by atoms with Gasteiger partial charge in [0.25, 0.3) is 0 Å². The van der Waals surface area contributed by atoms with Gasteiger partial charge >= 0.3 is 17.9 Å². The molecule has 0 aromatic rings. The van der Waals surface area contributed by atoms with Crippen molar-refractivity contribution in [1.82, 2.24) is 9.80 Å². The van der Waals surface area contributed by atoms with Crippen LogP contribution in [-0.4, -0.2) is 99.5 Å². The van der Waals surface area contributed by atoms with E-state index in [9.17, 15) is 14.4 Å². The minimum Gasteiger partial charge on any atom is -0.465 e. The first-order chi connectivity index (χ1) is 33.0. The van der Waals surface area contributed by atoms with Gasteiger partial charge in [-0.2, -0.15) is 0 Å². The molecule has 0 bridgehead atoms. The molecule has 0 aliphatic carbocycles. The maximum atomic E-state index is 13.5. The van der Waals surface area contributed by atoms with Gasteiger partial charge in [-0.3, -0.25) is 19.3 Å². The lowest BCUT2D eigenvalue weighted by atomic mass is 9.87. The highest BCUT2D eigenvalue weighted by Gasteiger charge is 2.39. The molecule has 1 unspecified atom stereocenters. The molecule has 0 amide bonds. The number of carbonyl (C=O) groups is 3. The maximum absolute atomic E-state index is 13.5. The van der Waals surface area contributed by atoms with Crippen molar-refractivity contribution in [2.75, 3.05) is 53.6 Å². The van der Waals surface area contributed by atoms with Gasteiger partial charge in [-0.05, 0) is 91.8 Å². The summed E-state index contributed by atoms with van der Waals surface area (Å²) >= 11 is 0. The predicted octanol–water partition coefficient (Wildman–Crippen LogP) is 15.8. The number of carbonyl (C=O) groups excluding carboxylic acids is 3. The Kier molecular flexibility index (Phi) is 41.6. The van der Waals surface area contributed by atoms with E-state index in [1.165, 1.54) is 154 Å². The van der Waals surface area contributed by atoms with Gasteiger partial charge in [-0.1, -0.05) is 201 Å². The van der Waals surface area contributed by atoms with E-state index in [0.717, 1.165) is 89.7 Å². The highest BCUT2D eigenvalue weighted by Crippen LogP contribution is 2.28. The third kappa shape index (κ3) is 35.4. The van der Waals surface area contributed by atoms with E-state index in [2.05, 4.69) is 32.6 Å². The van der Waals surface area contributed by atoms with Crippen LogP contribution in [0.3, 0.4) is 0 Å². The van der Waals surface area contributed by atoms with Crippen LogP contribution < -0.4 is 0 Å². The molecule has 1 aliphatic heterocycles. The molecule has 0 spiro atoms. The second-order valence-electron chi connectivity index (χ2n) is 22.0. The third-order valence-electron chi connectivity index (χ3n) is 14.6. The van der Waals surface area contributed by atoms with Gasteiger partial charge in [0.15, 0.2) is 0 Å². The summed E-state index contributed by atoms with van der Waals surface area (Å²) < 4.78 is 24.1. The van der Waals surface area contributed by atoms with Gasteiger partial charge in [-0.25, -0.2) is 0 Å². The fourth-order valence-electron chi connectivity index (χ4n) is 9.91. The van der Waals surface area contributed by atoms with Crippen LogP contribution in [0.1, 0.15) is 279 Å². The Morgan fingerprint density at radius 1 is 0.559 bits per heavy atom. The van der Waals surface area contributed by atoms with Crippen LogP contribution >= 0.6 is 0 Å². The van der Waals surface area contributed by atoms with Crippen LogP contribution in [0.2, 0.25) is 0 Å². The van der Waals surface area contributed by atoms with Crippen LogP contribution in [0, 0.1) is 11.3 Å². The number of unbranched alkanes of at least 4 members (excludes halogenated alkanes) is 22. The predicted molar refractivity (Wildman–Crippen MR) is 286 cm³/mol. The normalized spacial score (nSPS) is 15.6. The Morgan fingerprint density at radius 2 is 1.03 bits per heavy atom. The van der Waals surface area contributed by atoms with Crippen molar-refractivity contribution >= 4 is 17.9 Å². The average molecular weight is 964 g/mol. The number of rotatable bonds is 49. The molecule has 1 saturated heterocycles. The molecule has 9 nitrogen and oxygen atoms in total. The van der Waals surface area contributed by atoms with Crippen LogP contribution in [0.4, 0.5) is 0 Å². The zero-order valence-electron chi connectivity index (χ0n) is 46.5. The lowest BCUT2D eigenvalue weighted by Gasteiger charge is -2.24. The first kappa shape index (κ1) is 64.3. The maximum Gasteiger partial charge on any atom is 0.323 e. The van der Waals surface area contributed by atoms with Crippen molar-refractivity contribution in [1.29, 1.82) is 0 Å². The van der Waals surface area contributed by atoms with Gasteiger partial charge in [0.1, 0.15) is 12.1 Å². The van der Waals surface area contributed by atoms with E-state index in [0.29, 0.717) is 45.2 Å². The zero-order valence-corrected chi connectivity index (χ0v) is 46.5. The minimum absolute atomic E-state index is 0.0721. The van der Waals surface area contributed by atoms with Crippen molar-refractivity contribution in [2.45, 2.75) is 297 Å². The SMILES string of the molecule is CCCCCCCCC(CCCCCCCC)OCCCCCCCCOC(=O)[C@@H]1CC(OC(=O)CCN(C)C)CN1CCCCCCC(C)(C)C(=O)OCCCC(CCCCC)CCCCC. The summed E-state index contributed by atoms with van der Waals surface area (Å²) in [5.74, 6) is 0.292. The molecule has 0 saturated carbocycles. The molecule has 2 atom stereocenters. The number of likely N-dealkylation sites (tertiary alicyclic amines) is 1. The van der Waals surface area contributed by atoms with Crippen LogP contribution in [0.5, 0.6) is 0 Å². The molecular weight excluding hydrogens is 849 g/mol. The fourth-order valence-corrected chi connectivity index (χ4v) is 9.91. The highest BCUT2D eigenvalue weighted by atomic mass is 16.6. The first-order valence-electron chi connectivity index (χ1n) is 29.5. The molecule has 1 fully saturated rings. The van der Waals surface area contributed by atoms with Crippen LogP contribution in [-0.2, 0) is 33.3 Å². The molecule has 0 radical (unpaired) electrons. The van der Waals surface area contributed by atoms with E-state index < -0.39 is 5.41 Å². The van der Waals surface area contributed by atoms with Crippen LogP contribution in [0.25, 0.3) is 0 Å². The van der Waals surface area contributed by atoms with E-state index >= 15 is 0 Å². The van der Waals surface area contributed by atoms with Crippen molar-refractivity contribution in [2.24, 2.45) is 11.3 Å². The van der Waals surface area contributed by atoms with E-state index in [-0.39, 0.29) is 30.1 Å². The Hall–Kier alpha value is -1.71. The first-order valence-corrected chi connectivity index (χ1v) is 29.5. The molecule has 0 aromatic heterocycles. The molecule has 1 heterocycles. The number of hydrogen-bond acceptors (Lipinski definition) is 9. The van der Waals surface area contributed by atoms with Crippen LogP contribution in [0.15, 0.2) is 0 Å². The molecule has 402 valence electrons. The number of esters is 3. The largest absolute Gasteiger partial charge is 0.465 e. The molecule has 0 aromatic carbocycles. The average Bonchev–Trinajstić information content (AvgIpc) is 3.72. The molecule has 1 aliphatic rings. The van der Waals surface area contributed by atoms with Crippen molar-refractivity contribution in [3.63, 3.8) is 0 Å². The molecule has 68 heavy (non-hydrogen) atoms. The highest BCUT2D eigenvalue weighted by molar-refractivity contribution is 5.77. The minimum atomic E-state index is -0.493. The Balaban J connectivity index is 2.45. The van der Waals surface area contributed by atoms with E-state index in [1.807, 2.05) is 32.8 Å². The summed E-state index contributed by atoms with van der Waals surface area (Å²) in [6.07, 6.45) is 43.4. The molecule has 9 heteroatoms. The van der Waals surface area contributed by atoms with Crippen molar-refractivity contribution in [3.8, 4) is 0 Å². The lowest BCUT2D eigenvalue weighted by molar-refractivity contribution is -0.154. The second kappa shape index (κ2) is 44.0. The fraction of sp³-hybridized carbons (Fsp3) is 0.949. The van der Waals surface area contributed by atoms with Gasteiger partial charge in [0.05, 0.1) is 31.2 Å². The number of nitrogens with zero attached hydrogens (tertiary/aromatic N) is 2. The van der Waals surface area contributed by atoms with Gasteiger partial charge < -0.3 is 23.8 Å². The number of hydrogen-bond donors (Lipinski definition) is 0. The molecule has 0 N–H and O–H groups in total. The standard InChI is InChI=1S/C59H114N2O7/c1-9-13-17-19-23-31-41-53(42-32-24-20-18-14-10-2)65-47-35-27-21-22-28-36-48-66-57(63)55-50-54(68-56(62)43-46-60(7)8)51-61(55)45-34-26-25-33-44-59(5,6)58(64)67-49-37-40-52(38-29-15-11-3)39-30-16-12-4/h52-55H,9-51H2,1-8H3/t54?,55-/m0/s1. The van der Waals surface area contributed by atoms with E-state index in [4.69, 9.17) is 18.9 Å². The quantitative estimate of drug-likeness (QED) is 0.0336. The topological polar surface area (TPSA) is 94.6 Å². The summed E-state index contributed by atoms with van der Waals surface area (Å²) in [5.41, 5.74) is -0.493. The third-order valence-corrected chi connectivity index (χ3v) is 14.6. The summed E-state index contributed by atoms with van der Waals surface area (Å²) in [4.78, 5) is 43.4. The Bertz CT molecular complexity index is 1150. The molecule has 1 rings (SSSR count). The lowest BCUT2D eigenvalue weighted by Crippen LogP contribution is -2.38. The molecular formula is C59H114N2O7. The Morgan fingerprint density at radius 3 is 1.62 bits per heavy atom. The monoisotopic (exact) mass is 963 g/mol. The van der Waals surface area contributed by atoms with Gasteiger partial charge in [0.2, 0.25) is 0 Å². The van der Waals surface area contributed by atoms with Gasteiger partial charge in [0, 0.05) is 26.1 Å². The summed E-state index contributed by atoms with van der Waals surface area (Å²) in [5, 5.41) is 0. The summed E-state index contributed by atoms with van der Waals surface area (Å²) in [6.45, 7) is 17.0. The van der Waals surface area contributed by atoms with E-state index in [1.54, 1.807) is 0 Å². The van der Waals surface area contributed by atoms with Crippen molar-refractivity contribution in [3.05, 3.63) is 0 Å². The Labute approximate surface area is 421 Å². The number of ether oxygens (including phenoxy) is 4. The smallest absolute Gasteiger partial charge is 0.323 e. The van der Waals surface area contributed by atoms with Crippen molar-refractivity contribution < 1.29 is 33.3 Å². The second-order valence-corrected chi connectivity index (χ2v) is 22.0. The zero-order chi connectivity index (χ0) is 49.9.